The molecule has 0 spiro atoms. The van der Waals surface area contributed by atoms with Gasteiger partial charge in [0.1, 0.15) is 0 Å². The lowest BCUT2D eigenvalue weighted by Gasteiger charge is -2.31. The summed E-state index contributed by atoms with van der Waals surface area (Å²) in [5.41, 5.74) is 0.260. The van der Waals surface area contributed by atoms with Gasteiger partial charge in [-0.2, -0.15) is 0 Å². The average molecular weight is 241 g/mol. The topological polar surface area (TPSA) is 21.3 Å². The summed E-state index contributed by atoms with van der Waals surface area (Å²) >= 11 is 0. The molecular formula is C15H31NO. The molecule has 2 nitrogen and oxygen atoms in total. The van der Waals surface area contributed by atoms with Crippen molar-refractivity contribution >= 4 is 0 Å². The molecule has 0 saturated heterocycles. The van der Waals surface area contributed by atoms with Crippen LogP contribution in [-0.4, -0.2) is 25.8 Å². The van der Waals surface area contributed by atoms with Gasteiger partial charge in [0, 0.05) is 12.0 Å². The van der Waals surface area contributed by atoms with Gasteiger partial charge in [-0.15, -0.1) is 0 Å². The molecule has 1 aliphatic rings. The van der Waals surface area contributed by atoms with Crippen LogP contribution in [0.4, 0.5) is 0 Å². The Balaban J connectivity index is 2.18. The number of ether oxygens (including phenoxy) is 1. The molecule has 0 heterocycles. The summed E-state index contributed by atoms with van der Waals surface area (Å²) in [6.07, 6.45) is 6.99. The third kappa shape index (κ3) is 6.42. The van der Waals surface area contributed by atoms with Gasteiger partial charge in [-0.25, -0.2) is 0 Å². The highest BCUT2D eigenvalue weighted by atomic mass is 16.5. The summed E-state index contributed by atoms with van der Waals surface area (Å²) in [4.78, 5) is 0. The first-order chi connectivity index (χ1) is 8.03. The van der Waals surface area contributed by atoms with Crippen LogP contribution in [-0.2, 0) is 4.74 Å². The molecule has 2 unspecified atom stereocenters. The normalized spacial score (nSPS) is 26.1. The second kappa shape index (κ2) is 7.38. The van der Waals surface area contributed by atoms with E-state index < -0.39 is 0 Å². The van der Waals surface area contributed by atoms with E-state index in [9.17, 15) is 0 Å². The van der Waals surface area contributed by atoms with Crippen molar-refractivity contribution in [3.8, 4) is 0 Å². The van der Waals surface area contributed by atoms with Crippen LogP contribution in [0.3, 0.4) is 0 Å². The van der Waals surface area contributed by atoms with E-state index >= 15 is 0 Å². The molecule has 2 atom stereocenters. The Morgan fingerprint density at radius 2 is 2.06 bits per heavy atom. The summed E-state index contributed by atoms with van der Waals surface area (Å²) in [5.74, 6) is 0.857. The fourth-order valence-electron chi connectivity index (χ4n) is 2.53. The molecule has 17 heavy (non-hydrogen) atoms. The maximum atomic E-state index is 6.11. The van der Waals surface area contributed by atoms with Crippen LogP contribution < -0.4 is 5.32 Å². The van der Waals surface area contributed by atoms with Gasteiger partial charge in [-0.3, -0.25) is 0 Å². The van der Waals surface area contributed by atoms with Crippen LogP contribution in [0.25, 0.3) is 0 Å². The Morgan fingerprint density at radius 3 is 2.71 bits per heavy atom. The van der Waals surface area contributed by atoms with Crippen LogP contribution in [0.2, 0.25) is 0 Å². The Bertz CT molecular complexity index is 203. The molecule has 1 N–H and O–H groups in total. The SMILES string of the molecule is CCCNCC(C)(C)COC1CCCC(C)C1. The summed E-state index contributed by atoms with van der Waals surface area (Å²) in [7, 11) is 0. The zero-order chi connectivity index (χ0) is 12.7. The van der Waals surface area contributed by atoms with E-state index in [-0.39, 0.29) is 5.41 Å². The predicted molar refractivity (Wildman–Crippen MR) is 74.3 cm³/mol. The largest absolute Gasteiger partial charge is 0.378 e. The van der Waals surface area contributed by atoms with E-state index in [1.54, 1.807) is 0 Å². The number of hydrogen-bond acceptors (Lipinski definition) is 2. The van der Waals surface area contributed by atoms with Gasteiger partial charge >= 0.3 is 0 Å². The number of hydrogen-bond donors (Lipinski definition) is 1. The lowest BCUT2D eigenvalue weighted by atomic mass is 9.88. The summed E-state index contributed by atoms with van der Waals surface area (Å²) in [6.45, 7) is 12.2. The molecule has 1 aliphatic carbocycles. The molecule has 1 saturated carbocycles. The third-order valence-electron chi connectivity index (χ3n) is 3.63. The number of rotatable bonds is 7. The van der Waals surface area contributed by atoms with E-state index in [0.717, 1.165) is 25.6 Å². The number of nitrogens with one attached hydrogen (secondary N) is 1. The van der Waals surface area contributed by atoms with E-state index in [1.165, 1.54) is 32.1 Å². The fourth-order valence-corrected chi connectivity index (χ4v) is 2.53. The van der Waals surface area contributed by atoms with Crippen LogP contribution in [0, 0.1) is 11.3 Å². The van der Waals surface area contributed by atoms with E-state index in [1.807, 2.05) is 0 Å². The summed E-state index contributed by atoms with van der Waals surface area (Å²) in [5, 5.41) is 3.49. The monoisotopic (exact) mass is 241 g/mol. The van der Waals surface area contributed by atoms with Crippen molar-refractivity contribution in [2.75, 3.05) is 19.7 Å². The lowest BCUT2D eigenvalue weighted by Crippen LogP contribution is -2.35. The zero-order valence-corrected chi connectivity index (χ0v) is 12.2. The molecule has 0 aliphatic heterocycles. The van der Waals surface area contributed by atoms with Crippen molar-refractivity contribution in [1.29, 1.82) is 0 Å². The molecule has 1 rings (SSSR count). The quantitative estimate of drug-likeness (QED) is 0.688. The maximum absolute atomic E-state index is 6.11. The molecule has 0 aromatic heterocycles. The Morgan fingerprint density at radius 1 is 1.29 bits per heavy atom. The van der Waals surface area contributed by atoms with Gasteiger partial charge in [0.2, 0.25) is 0 Å². The summed E-state index contributed by atoms with van der Waals surface area (Å²) < 4.78 is 6.11. The molecule has 102 valence electrons. The van der Waals surface area contributed by atoms with E-state index in [0.29, 0.717) is 6.10 Å². The summed E-state index contributed by atoms with van der Waals surface area (Å²) in [6, 6.07) is 0. The first-order valence-corrected chi connectivity index (χ1v) is 7.36. The molecule has 0 radical (unpaired) electrons. The Labute approximate surface area is 108 Å². The second-order valence-electron chi connectivity index (χ2n) is 6.55. The van der Waals surface area contributed by atoms with E-state index in [4.69, 9.17) is 4.74 Å². The van der Waals surface area contributed by atoms with E-state index in [2.05, 4.69) is 33.0 Å². The van der Waals surface area contributed by atoms with Gasteiger partial charge in [0.05, 0.1) is 12.7 Å². The van der Waals surface area contributed by atoms with Crippen LogP contribution in [0.5, 0.6) is 0 Å². The molecule has 2 heteroatoms. The third-order valence-corrected chi connectivity index (χ3v) is 3.63. The average Bonchev–Trinajstić information content (AvgIpc) is 2.27. The molecule has 0 amide bonds. The zero-order valence-electron chi connectivity index (χ0n) is 12.2. The van der Waals surface area contributed by atoms with Gasteiger partial charge in [0.15, 0.2) is 0 Å². The Kier molecular flexibility index (Phi) is 6.50. The highest BCUT2D eigenvalue weighted by molar-refractivity contribution is 4.75. The second-order valence-corrected chi connectivity index (χ2v) is 6.55. The first-order valence-electron chi connectivity index (χ1n) is 7.36. The van der Waals surface area contributed by atoms with Crippen LogP contribution in [0.1, 0.15) is 59.8 Å². The van der Waals surface area contributed by atoms with Crippen LogP contribution in [0.15, 0.2) is 0 Å². The molecule has 0 aromatic rings. The Hall–Kier alpha value is -0.0800. The fraction of sp³-hybridized carbons (Fsp3) is 1.00. The lowest BCUT2D eigenvalue weighted by molar-refractivity contribution is -0.0234. The minimum Gasteiger partial charge on any atom is -0.378 e. The minimum atomic E-state index is 0.260. The van der Waals surface area contributed by atoms with Crippen LogP contribution >= 0.6 is 0 Å². The van der Waals surface area contributed by atoms with Gasteiger partial charge < -0.3 is 10.1 Å². The van der Waals surface area contributed by atoms with Crippen molar-refractivity contribution in [3.63, 3.8) is 0 Å². The minimum absolute atomic E-state index is 0.260. The first kappa shape index (κ1) is 15.0. The van der Waals surface area contributed by atoms with Gasteiger partial charge in [-0.05, 0) is 31.7 Å². The van der Waals surface area contributed by atoms with Gasteiger partial charge in [-0.1, -0.05) is 40.5 Å². The molecule has 1 fully saturated rings. The highest BCUT2D eigenvalue weighted by Crippen LogP contribution is 2.27. The van der Waals surface area contributed by atoms with Crippen molar-refractivity contribution in [2.45, 2.75) is 65.9 Å². The smallest absolute Gasteiger partial charge is 0.0578 e. The predicted octanol–water partition coefficient (Wildman–Crippen LogP) is 3.61. The molecular weight excluding hydrogens is 210 g/mol. The van der Waals surface area contributed by atoms with Crippen molar-refractivity contribution in [2.24, 2.45) is 11.3 Å². The molecule has 0 aromatic carbocycles. The van der Waals surface area contributed by atoms with Crippen molar-refractivity contribution in [3.05, 3.63) is 0 Å². The van der Waals surface area contributed by atoms with Crippen molar-refractivity contribution < 1.29 is 4.74 Å². The molecule has 0 bridgehead atoms. The van der Waals surface area contributed by atoms with Crippen molar-refractivity contribution in [1.82, 2.24) is 5.32 Å². The van der Waals surface area contributed by atoms with Gasteiger partial charge in [0.25, 0.3) is 0 Å². The highest BCUT2D eigenvalue weighted by Gasteiger charge is 2.23. The maximum Gasteiger partial charge on any atom is 0.0578 e. The standard InChI is InChI=1S/C15H31NO/c1-5-9-16-11-15(3,4)12-17-14-8-6-7-13(2)10-14/h13-14,16H,5-12H2,1-4H3.